The molecule has 1 N–H and O–H groups in total. The monoisotopic (exact) mass is 382 g/mol. The van der Waals surface area contributed by atoms with Crippen molar-refractivity contribution < 1.29 is 13.2 Å². The van der Waals surface area contributed by atoms with Gasteiger partial charge in [0.05, 0.1) is 18.1 Å². The van der Waals surface area contributed by atoms with Gasteiger partial charge in [-0.1, -0.05) is 13.8 Å². The van der Waals surface area contributed by atoms with E-state index in [0.29, 0.717) is 30.6 Å². The third-order valence-electron chi connectivity index (χ3n) is 5.97. The molecule has 1 heterocycles. The summed E-state index contributed by atoms with van der Waals surface area (Å²) in [7, 11) is -3.56. The highest BCUT2D eigenvalue weighted by Gasteiger charge is 2.28. The summed E-state index contributed by atoms with van der Waals surface area (Å²) < 4.78 is 34.6. The van der Waals surface area contributed by atoms with E-state index in [-0.39, 0.29) is 6.04 Å². The molecule has 0 aliphatic carbocycles. The van der Waals surface area contributed by atoms with Gasteiger partial charge in [-0.2, -0.15) is 0 Å². The van der Waals surface area contributed by atoms with Crippen molar-refractivity contribution in [1.29, 1.82) is 0 Å². The van der Waals surface area contributed by atoms with Crippen LogP contribution in [0.15, 0.2) is 4.90 Å². The van der Waals surface area contributed by atoms with E-state index in [1.807, 2.05) is 27.7 Å². The molecule has 2 rings (SSSR count). The van der Waals surface area contributed by atoms with Gasteiger partial charge in [0.25, 0.3) is 0 Å². The second-order valence-corrected chi connectivity index (χ2v) is 9.47. The van der Waals surface area contributed by atoms with Gasteiger partial charge in [-0.3, -0.25) is 4.90 Å². The van der Waals surface area contributed by atoms with E-state index in [2.05, 4.69) is 30.4 Å². The molecule has 5 nitrogen and oxygen atoms in total. The van der Waals surface area contributed by atoms with Crippen LogP contribution in [0.2, 0.25) is 0 Å². The zero-order valence-corrected chi connectivity index (χ0v) is 18.1. The molecule has 0 radical (unpaired) electrons. The predicted molar refractivity (Wildman–Crippen MR) is 106 cm³/mol. The Labute approximate surface area is 159 Å². The second kappa shape index (κ2) is 8.38. The summed E-state index contributed by atoms with van der Waals surface area (Å²) in [5, 5.41) is 0. The van der Waals surface area contributed by atoms with E-state index in [0.717, 1.165) is 35.3 Å². The van der Waals surface area contributed by atoms with Crippen molar-refractivity contribution in [3.05, 3.63) is 27.8 Å². The highest BCUT2D eigenvalue weighted by molar-refractivity contribution is 7.89. The van der Waals surface area contributed by atoms with Crippen LogP contribution >= 0.6 is 0 Å². The number of hydrogen-bond acceptors (Lipinski definition) is 4. The van der Waals surface area contributed by atoms with Crippen molar-refractivity contribution in [1.82, 2.24) is 9.62 Å². The topological polar surface area (TPSA) is 58.6 Å². The van der Waals surface area contributed by atoms with Crippen LogP contribution in [0.5, 0.6) is 0 Å². The van der Waals surface area contributed by atoms with E-state index in [1.165, 1.54) is 5.56 Å². The molecule has 0 aromatic heterocycles. The quantitative estimate of drug-likeness (QED) is 0.822. The first-order chi connectivity index (χ1) is 12.1. The van der Waals surface area contributed by atoms with Gasteiger partial charge in [-0.15, -0.1) is 0 Å². The molecule has 1 aliphatic heterocycles. The molecule has 1 atom stereocenters. The molecule has 0 saturated carbocycles. The van der Waals surface area contributed by atoms with Crippen LogP contribution in [0.1, 0.15) is 41.7 Å². The van der Waals surface area contributed by atoms with Crippen molar-refractivity contribution in [2.75, 3.05) is 32.8 Å². The Morgan fingerprint density at radius 1 is 0.923 bits per heavy atom. The highest BCUT2D eigenvalue weighted by Crippen LogP contribution is 2.29. The number of rotatable bonds is 6. The van der Waals surface area contributed by atoms with Gasteiger partial charge in [-0.05, 0) is 68.4 Å². The molecule has 26 heavy (non-hydrogen) atoms. The first-order valence-corrected chi connectivity index (χ1v) is 10.9. The van der Waals surface area contributed by atoms with Crippen molar-refractivity contribution >= 4 is 10.0 Å². The van der Waals surface area contributed by atoms with Crippen LogP contribution in [0.4, 0.5) is 0 Å². The van der Waals surface area contributed by atoms with E-state index >= 15 is 0 Å². The van der Waals surface area contributed by atoms with Crippen LogP contribution in [-0.2, 0) is 14.8 Å². The zero-order chi connectivity index (χ0) is 19.6. The van der Waals surface area contributed by atoms with Crippen LogP contribution in [0.25, 0.3) is 0 Å². The molecule has 1 aliphatic rings. The predicted octanol–water partition coefficient (Wildman–Crippen LogP) is 2.86. The average Bonchev–Trinajstić information content (AvgIpc) is 2.59. The maximum Gasteiger partial charge on any atom is 0.241 e. The third-order valence-corrected chi connectivity index (χ3v) is 7.66. The lowest BCUT2D eigenvalue weighted by atomic mass is 9.95. The van der Waals surface area contributed by atoms with E-state index < -0.39 is 10.0 Å². The molecule has 1 unspecified atom stereocenters. The normalized spacial score (nSPS) is 17.7. The van der Waals surface area contributed by atoms with Crippen LogP contribution in [0.3, 0.4) is 0 Å². The van der Waals surface area contributed by atoms with E-state index in [9.17, 15) is 8.42 Å². The van der Waals surface area contributed by atoms with Gasteiger partial charge >= 0.3 is 0 Å². The molecule has 6 heteroatoms. The van der Waals surface area contributed by atoms with Gasteiger partial charge in [-0.25, -0.2) is 13.1 Å². The molecular weight excluding hydrogens is 348 g/mol. The lowest BCUT2D eigenvalue weighted by Gasteiger charge is -2.37. The molecule has 0 bridgehead atoms. The fourth-order valence-corrected chi connectivity index (χ4v) is 5.48. The second-order valence-electron chi connectivity index (χ2n) is 7.77. The number of benzene rings is 1. The molecule has 0 spiro atoms. The maximum absolute atomic E-state index is 13.1. The lowest BCUT2D eigenvalue weighted by Crippen LogP contribution is -2.51. The van der Waals surface area contributed by atoms with Gasteiger partial charge < -0.3 is 4.74 Å². The summed E-state index contributed by atoms with van der Waals surface area (Å²) in [6, 6.07) is 0.168. The molecule has 1 aromatic carbocycles. The SMILES string of the molecule is Cc1c(C)c(C)c(S(=O)(=O)NCC(C(C)C)N2CCOCC2)c(C)c1C. The van der Waals surface area contributed by atoms with E-state index in [4.69, 9.17) is 4.74 Å². The minimum atomic E-state index is -3.56. The fraction of sp³-hybridized carbons (Fsp3) is 0.700. The molecule has 1 aromatic rings. The summed E-state index contributed by atoms with van der Waals surface area (Å²) in [5.74, 6) is 0.361. The zero-order valence-electron chi connectivity index (χ0n) is 17.3. The Kier molecular flexibility index (Phi) is 6.88. The Morgan fingerprint density at radius 2 is 1.38 bits per heavy atom. The maximum atomic E-state index is 13.1. The summed E-state index contributed by atoms with van der Waals surface area (Å²) in [4.78, 5) is 2.78. The van der Waals surface area contributed by atoms with Crippen molar-refractivity contribution in [3.63, 3.8) is 0 Å². The number of ether oxygens (including phenoxy) is 1. The van der Waals surface area contributed by atoms with Gasteiger partial charge in [0.1, 0.15) is 0 Å². The molecule has 148 valence electrons. The van der Waals surface area contributed by atoms with Crippen LogP contribution in [0, 0.1) is 40.5 Å². The number of hydrogen-bond donors (Lipinski definition) is 1. The Morgan fingerprint density at radius 3 is 1.85 bits per heavy atom. The Balaban J connectivity index is 2.28. The number of nitrogens with zero attached hydrogens (tertiary/aromatic N) is 1. The summed E-state index contributed by atoms with van der Waals surface area (Å²) >= 11 is 0. The van der Waals surface area contributed by atoms with Gasteiger partial charge in [0.2, 0.25) is 10.0 Å². The summed E-state index contributed by atoms with van der Waals surface area (Å²) in [6.45, 7) is 17.7. The standard InChI is InChI=1S/C20H34N2O3S/c1-13(2)19(22-8-10-25-11-9-22)12-21-26(23,24)20-17(6)15(4)14(3)16(5)18(20)7/h13,19,21H,8-12H2,1-7H3. The van der Waals surface area contributed by atoms with Crippen molar-refractivity contribution in [2.24, 2.45) is 5.92 Å². The Hall–Kier alpha value is -0.950. The minimum absolute atomic E-state index is 0.168. The van der Waals surface area contributed by atoms with E-state index in [1.54, 1.807) is 0 Å². The van der Waals surface area contributed by atoms with Crippen LogP contribution < -0.4 is 4.72 Å². The molecule has 1 saturated heterocycles. The largest absolute Gasteiger partial charge is 0.379 e. The first kappa shape index (κ1) is 21.4. The summed E-state index contributed by atoms with van der Waals surface area (Å²) in [6.07, 6.45) is 0. The van der Waals surface area contributed by atoms with Crippen molar-refractivity contribution in [2.45, 2.75) is 59.4 Å². The Bertz CT molecular complexity index is 722. The molecular formula is C20H34N2O3S. The fourth-order valence-electron chi connectivity index (χ4n) is 3.83. The third kappa shape index (κ3) is 4.30. The molecule has 0 amide bonds. The summed E-state index contributed by atoms with van der Waals surface area (Å²) in [5.41, 5.74) is 4.99. The first-order valence-electron chi connectivity index (χ1n) is 9.46. The average molecular weight is 383 g/mol. The smallest absolute Gasteiger partial charge is 0.241 e. The highest BCUT2D eigenvalue weighted by atomic mass is 32.2. The van der Waals surface area contributed by atoms with Gasteiger partial charge in [0, 0.05) is 25.7 Å². The minimum Gasteiger partial charge on any atom is -0.379 e. The van der Waals surface area contributed by atoms with Gasteiger partial charge in [0.15, 0.2) is 0 Å². The number of nitrogens with one attached hydrogen (secondary N) is 1. The van der Waals surface area contributed by atoms with Crippen LogP contribution in [-0.4, -0.2) is 52.2 Å². The van der Waals surface area contributed by atoms with Crippen molar-refractivity contribution in [3.8, 4) is 0 Å². The number of sulfonamides is 1. The molecule has 1 fully saturated rings. The lowest BCUT2D eigenvalue weighted by molar-refractivity contribution is 0.00776. The number of morpholine rings is 1.